The van der Waals surface area contributed by atoms with Crippen molar-refractivity contribution in [2.75, 3.05) is 11.3 Å². The van der Waals surface area contributed by atoms with Crippen LogP contribution in [-0.4, -0.2) is 44.8 Å². The average Bonchev–Trinajstić information content (AvgIpc) is 2.61. The third kappa shape index (κ3) is 3.82. The molecule has 106 valence electrons. The summed E-state index contributed by atoms with van der Waals surface area (Å²) in [5, 5.41) is 10.5. The second-order valence-corrected chi connectivity index (χ2v) is 8.76. The lowest BCUT2D eigenvalue weighted by Crippen LogP contribution is -2.56. The maximum absolute atomic E-state index is 11.7. The van der Waals surface area contributed by atoms with E-state index in [9.17, 15) is 16.8 Å². The Morgan fingerprint density at radius 3 is 2.22 bits per heavy atom. The van der Waals surface area contributed by atoms with Gasteiger partial charge in [-0.05, 0) is 12.8 Å². The first-order valence-electron chi connectivity index (χ1n) is 5.28. The molecule has 0 unspecified atom stereocenters. The highest BCUT2D eigenvalue weighted by molar-refractivity contribution is 8.06. The molecule has 0 bridgehead atoms. The Balaban J connectivity index is 2.99. The summed E-state index contributed by atoms with van der Waals surface area (Å²) in [7, 11) is -7.72. The largest absolute Gasteiger partial charge is 0.409 e. The molecule has 1 fully saturated rings. The van der Waals surface area contributed by atoms with Gasteiger partial charge in [-0.15, -0.1) is 0 Å². The third-order valence-electron chi connectivity index (χ3n) is 2.78. The zero-order valence-corrected chi connectivity index (χ0v) is 11.6. The standard InChI is InChI=1S/C8H17N3O5S2/c1-17(13,14)6-18(15,16)11-8(7(9)10-12)4-2-3-5-8/h11-12H,2-6H2,1H3,(H2,9,10). The van der Waals surface area contributed by atoms with E-state index in [1.54, 1.807) is 0 Å². The van der Waals surface area contributed by atoms with E-state index in [0.717, 1.165) is 19.1 Å². The highest BCUT2D eigenvalue weighted by atomic mass is 32.3. The van der Waals surface area contributed by atoms with Gasteiger partial charge >= 0.3 is 0 Å². The first kappa shape index (κ1) is 15.2. The highest BCUT2D eigenvalue weighted by Crippen LogP contribution is 2.30. The van der Waals surface area contributed by atoms with E-state index < -0.39 is 30.5 Å². The molecule has 8 nitrogen and oxygen atoms in total. The summed E-state index contributed by atoms with van der Waals surface area (Å²) in [6, 6.07) is 0. The van der Waals surface area contributed by atoms with E-state index in [-0.39, 0.29) is 5.84 Å². The Bertz CT molecular complexity index is 531. The van der Waals surface area contributed by atoms with Gasteiger partial charge in [0.25, 0.3) is 0 Å². The Kier molecular flexibility index (Phi) is 4.23. The van der Waals surface area contributed by atoms with Gasteiger partial charge in [-0.2, -0.15) is 0 Å². The SMILES string of the molecule is CS(=O)(=O)CS(=O)(=O)NC1(C(N)=NO)CCCC1. The Morgan fingerprint density at radius 1 is 1.33 bits per heavy atom. The Labute approximate surface area is 106 Å². The summed E-state index contributed by atoms with van der Waals surface area (Å²) in [6.07, 6.45) is 3.03. The van der Waals surface area contributed by atoms with Gasteiger partial charge < -0.3 is 10.9 Å². The summed E-state index contributed by atoms with van der Waals surface area (Å²) in [5.41, 5.74) is 4.34. The molecule has 0 amide bonds. The van der Waals surface area contributed by atoms with Gasteiger partial charge in [-0.25, -0.2) is 21.6 Å². The van der Waals surface area contributed by atoms with Crippen LogP contribution in [-0.2, 0) is 19.9 Å². The molecule has 4 N–H and O–H groups in total. The van der Waals surface area contributed by atoms with Crippen molar-refractivity contribution in [3.8, 4) is 0 Å². The number of hydrogen-bond donors (Lipinski definition) is 3. The second kappa shape index (κ2) is 5.02. The molecule has 0 aromatic rings. The predicted molar refractivity (Wildman–Crippen MR) is 66.4 cm³/mol. The van der Waals surface area contributed by atoms with Gasteiger partial charge in [-0.3, -0.25) is 0 Å². The number of hydrogen-bond acceptors (Lipinski definition) is 6. The molecule has 1 aliphatic carbocycles. The first-order chi connectivity index (χ1) is 8.10. The lowest BCUT2D eigenvalue weighted by atomic mass is 9.98. The minimum Gasteiger partial charge on any atom is -0.409 e. The van der Waals surface area contributed by atoms with E-state index in [0.29, 0.717) is 12.8 Å². The number of nitrogens with zero attached hydrogens (tertiary/aromatic N) is 1. The van der Waals surface area contributed by atoms with Crippen LogP contribution in [0.2, 0.25) is 0 Å². The van der Waals surface area contributed by atoms with E-state index in [2.05, 4.69) is 9.88 Å². The molecule has 0 heterocycles. The zero-order chi connectivity index (χ0) is 14.0. The second-order valence-electron chi connectivity index (χ2n) is 4.53. The molecule has 0 atom stereocenters. The number of oxime groups is 1. The molecule has 0 aromatic heterocycles. The maximum Gasteiger partial charge on any atom is 0.226 e. The van der Waals surface area contributed by atoms with Crippen molar-refractivity contribution < 1.29 is 22.0 Å². The van der Waals surface area contributed by atoms with Gasteiger partial charge in [0.05, 0.1) is 5.54 Å². The van der Waals surface area contributed by atoms with Crippen LogP contribution in [0.25, 0.3) is 0 Å². The lowest BCUT2D eigenvalue weighted by Gasteiger charge is -2.28. The molecule has 1 aliphatic rings. The topological polar surface area (TPSA) is 139 Å². The van der Waals surface area contributed by atoms with Crippen molar-refractivity contribution in [2.24, 2.45) is 10.9 Å². The molecular weight excluding hydrogens is 282 g/mol. The maximum atomic E-state index is 11.7. The quantitative estimate of drug-likeness (QED) is 0.257. The summed E-state index contributed by atoms with van der Waals surface area (Å²) in [4.78, 5) is 0. The van der Waals surface area contributed by atoms with E-state index in [1.165, 1.54) is 0 Å². The van der Waals surface area contributed by atoms with Gasteiger partial charge in [0.1, 0.15) is 0 Å². The molecular formula is C8H17N3O5S2. The van der Waals surface area contributed by atoms with Crippen LogP contribution < -0.4 is 10.5 Å². The summed E-state index contributed by atoms with van der Waals surface area (Å²) < 4.78 is 47.8. The average molecular weight is 299 g/mol. The smallest absolute Gasteiger partial charge is 0.226 e. The fraction of sp³-hybridized carbons (Fsp3) is 0.875. The zero-order valence-electron chi connectivity index (χ0n) is 9.96. The molecule has 0 radical (unpaired) electrons. The van der Waals surface area contributed by atoms with E-state index in [1.807, 2.05) is 0 Å². The Hall–Kier alpha value is -0.870. The van der Waals surface area contributed by atoms with Crippen molar-refractivity contribution in [1.29, 1.82) is 0 Å². The van der Waals surface area contributed by atoms with E-state index in [4.69, 9.17) is 10.9 Å². The predicted octanol–water partition coefficient (Wildman–Crippen LogP) is -1.03. The van der Waals surface area contributed by atoms with Crippen molar-refractivity contribution in [2.45, 2.75) is 31.2 Å². The van der Waals surface area contributed by atoms with Crippen LogP contribution in [0.3, 0.4) is 0 Å². The first-order valence-corrected chi connectivity index (χ1v) is 8.99. The molecule has 0 spiro atoms. The number of nitrogens with one attached hydrogen (secondary N) is 1. The van der Waals surface area contributed by atoms with Crippen molar-refractivity contribution in [1.82, 2.24) is 4.72 Å². The number of amidine groups is 1. The van der Waals surface area contributed by atoms with Gasteiger partial charge in [-0.1, -0.05) is 18.0 Å². The molecule has 0 aromatic carbocycles. The Morgan fingerprint density at radius 2 is 1.83 bits per heavy atom. The summed E-state index contributed by atoms with van der Waals surface area (Å²) in [6.45, 7) is 0. The molecule has 10 heteroatoms. The third-order valence-corrected chi connectivity index (χ3v) is 6.43. The van der Waals surface area contributed by atoms with Gasteiger partial charge in [0.15, 0.2) is 20.8 Å². The summed E-state index contributed by atoms with van der Waals surface area (Å²) >= 11 is 0. The van der Waals surface area contributed by atoms with Crippen LogP contribution in [0.15, 0.2) is 5.16 Å². The fourth-order valence-electron chi connectivity index (χ4n) is 2.09. The molecule has 18 heavy (non-hydrogen) atoms. The molecule has 0 saturated heterocycles. The monoisotopic (exact) mass is 299 g/mol. The molecule has 1 saturated carbocycles. The fourth-order valence-corrected chi connectivity index (χ4v) is 5.49. The molecule has 0 aliphatic heterocycles. The number of sulfonamides is 1. The highest BCUT2D eigenvalue weighted by Gasteiger charge is 2.42. The number of sulfone groups is 1. The number of rotatable bonds is 5. The van der Waals surface area contributed by atoms with Crippen LogP contribution in [0.4, 0.5) is 0 Å². The van der Waals surface area contributed by atoms with Crippen molar-refractivity contribution >= 4 is 25.7 Å². The van der Waals surface area contributed by atoms with Gasteiger partial charge in [0.2, 0.25) is 10.0 Å². The number of nitrogens with two attached hydrogens (primary N) is 1. The lowest BCUT2D eigenvalue weighted by molar-refractivity contribution is 0.310. The van der Waals surface area contributed by atoms with Crippen LogP contribution in [0.5, 0.6) is 0 Å². The summed E-state index contributed by atoms with van der Waals surface area (Å²) in [5.74, 6) is -0.239. The van der Waals surface area contributed by atoms with Crippen LogP contribution in [0.1, 0.15) is 25.7 Å². The normalized spacial score (nSPS) is 21.1. The minimum absolute atomic E-state index is 0.239. The van der Waals surface area contributed by atoms with Crippen molar-refractivity contribution in [3.63, 3.8) is 0 Å². The van der Waals surface area contributed by atoms with Gasteiger partial charge in [0, 0.05) is 6.26 Å². The minimum atomic E-state index is -4.05. The van der Waals surface area contributed by atoms with E-state index >= 15 is 0 Å². The van der Waals surface area contributed by atoms with Crippen molar-refractivity contribution in [3.05, 3.63) is 0 Å². The molecule has 1 rings (SSSR count). The van der Waals surface area contributed by atoms with Crippen LogP contribution in [0, 0.1) is 0 Å². The van der Waals surface area contributed by atoms with Crippen LogP contribution >= 0.6 is 0 Å².